The van der Waals surface area contributed by atoms with Gasteiger partial charge in [-0.25, -0.2) is 8.78 Å². The van der Waals surface area contributed by atoms with E-state index in [1.165, 1.54) is 44.2 Å². The van der Waals surface area contributed by atoms with Crippen LogP contribution in [0.1, 0.15) is 95.2 Å². The number of halogens is 2. The molecule has 0 bridgehead atoms. The maximum Gasteiger partial charge on any atom is 0.192 e. The van der Waals surface area contributed by atoms with Crippen LogP contribution in [0, 0.1) is 320 Å². The zero-order chi connectivity index (χ0) is 87.2. The zero-order valence-corrected chi connectivity index (χ0v) is 66.6. The van der Waals surface area contributed by atoms with Crippen LogP contribution in [-0.2, 0) is 49.9 Å². The van der Waals surface area contributed by atoms with Gasteiger partial charge in [0.2, 0.25) is 0 Å². The quantitative estimate of drug-likeness (QED) is 0.0356. The van der Waals surface area contributed by atoms with Crippen LogP contribution in [0.15, 0.2) is 118 Å². The number of carbonyl (C=O) groups excluding carboxylic acids is 2. The molecule has 5 N–H and O–H groups in total. The first-order chi connectivity index (χ1) is 58.0. The summed E-state index contributed by atoms with van der Waals surface area (Å²) in [6, 6.07) is 29.7. The van der Waals surface area contributed by atoms with E-state index in [2.05, 4.69) is 346 Å². The van der Waals surface area contributed by atoms with Crippen molar-refractivity contribution in [2.45, 2.75) is 117 Å². The Morgan fingerprint density at radius 2 is 0.620 bits per heavy atom. The van der Waals surface area contributed by atoms with Crippen molar-refractivity contribution < 1.29 is 66.8 Å². The van der Waals surface area contributed by atoms with Crippen molar-refractivity contribution in [3.8, 4) is 331 Å². The van der Waals surface area contributed by atoms with Gasteiger partial charge in [-0.3, -0.25) is 9.59 Å². The highest BCUT2D eigenvalue weighted by molar-refractivity contribution is 6.74. The van der Waals surface area contributed by atoms with Crippen molar-refractivity contribution in [2.24, 2.45) is 0 Å². The third-order valence-electron chi connectivity index (χ3n) is 15.2. The fourth-order valence-electron chi connectivity index (χ4n) is 7.93. The SMILES string of the molecule is C.C#CC#CC#CC#CC#CC#CC#CC#CC#CC#CC#CC#CC#CC#CC#CC#CC#CC#CC#CC#CC#CC#CC#CC#CC#CC#CC.CC(C)(C)[Si](C)(C)OCc1cc([C@H](O)[C@](C)(OCc2ccc(-c3ccc(F)cc3)cc2)C(=O)CO)no1.C[C@@](OCc1ccc(-c2ccc(F)cc2)cc1)(C(=O)CO)[C@@H](O)c1cc(CO)on1. The number of aromatic nitrogens is 2. The second-order valence-electron chi connectivity index (χ2n) is 24.3. The molecule has 121 heavy (non-hydrogen) atoms. The average molecular weight is 1600 g/mol. The molecule has 0 aliphatic heterocycles. The molecular weight excluding hydrogens is 1540 g/mol. The first-order valence-corrected chi connectivity index (χ1v) is 37.6. The Balaban J connectivity index is 0.000000486. The highest BCUT2D eigenvalue weighted by atomic mass is 28.4. The lowest BCUT2D eigenvalue weighted by molar-refractivity contribution is -0.166. The summed E-state index contributed by atoms with van der Waals surface area (Å²) in [6.45, 7) is 13.2. The van der Waals surface area contributed by atoms with Gasteiger partial charge in [0.1, 0.15) is 55.1 Å². The number of ketones is 2. The lowest BCUT2D eigenvalue weighted by Crippen LogP contribution is -2.46. The Kier molecular flexibility index (Phi) is 46.3. The number of rotatable bonds is 20. The van der Waals surface area contributed by atoms with E-state index in [1.807, 2.05) is 36.4 Å². The first-order valence-electron chi connectivity index (χ1n) is 34.7. The minimum absolute atomic E-state index is 0. The summed E-state index contributed by atoms with van der Waals surface area (Å²) >= 11 is 0. The number of nitrogens with zero attached hydrogens (tertiary/aromatic N) is 2. The molecule has 0 spiro atoms. The third kappa shape index (κ3) is 39.0. The summed E-state index contributed by atoms with van der Waals surface area (Å²) < 4.78 is 54.3. The normalized spacial score (nSPS) is 9.80. The van der Waals surface area contributed by atoms with E-state index in [4.69, 9.17) is 34.5 Å². The Bertz CT molecular complexity index is 6610. The summed E-state index contributed by atoms with van der Waals surface area (Å²) in [4.78, 5) is 25.0. The van der Waals surface area contributed by atoms with Gasteiger partial charge in [0.05, 0.1) is 19.8 Å². The van der Waals surface area contributed by atoms with Gasteiger partial charge in [0, 0.05) is 213 Å². The van der Waals surface area contributed by atoms with Gasteiger partial charge in [-0.05, 0) is 191 Å². The number of carbonyl (C=O) groups is 2. The molecule has 0 amide bonds. The molecule has 4 atom stereocenters. The predicted molar refractivity (Wildman–Crippen MR) is 461 cm³/mol. The van der Waals surface area contributed by atoms with Crippen molar-refractivity contribution in [2.75, 3.05) is 13.2 Å². The summed E-state index contributed by atoms with van der Waals surface area (Å²) in [6.07, 6.45) is 1.95. The molecule has 0 fully saturated rings. The van der Waals surface area contributed by atoms with E-state index >= 15 is 0 Å². The number of hydrogen-bond acceptors (Lipinski definition) is 14. The molecule has 0 unspecified atom stereocenters. The first kappa shape index (κ1) is 98.2. The Hall–Kier alpha value is -17.0. The van der Waals surface area contributed by atoms with Crippen molar-refractivity contribution >= 4 is 19.9 Å². The van der Waals surface area contributed by atoms with Gasteiger partial charge >= 0.3 is 0 Å². The van der Waals surface area contributed by atoms with Gasteiger partial charge in [0.25, 0.3) is 0 Å². The van der Waals surface area contributed by atoms with Crippen molar-refractivity contribution in [1.29, 1.82) is 0 Å². The lowest BCUT2D eigenvalue weighted by Gasteiger charge is -2.35. The fourth-order valence-corrected chi connectivity index (χ4v) is 8.87. The summed E-state index contributed by atoms with van der Waals surface area (Å²) in [5.41, 5.74) is 1.54. The molecule has 6 rings (SSSR count). The van der Waals surface area contributed by atoms with Gasteiger partial charge in [0.15, 0.2) is 42.6 Å². The largest absolute Gasteiger partial charge is 0.409 e. The molecule has 0 aliphatic rings. The topological polar surface area (TPSA) is 215 Å². The van der Waals surface area contributed by atoms with Crippen LogP contribution in [-0.4, -0.2) is 80.1 Å². The molecule has 0 saturated carbocycles. The predicted octanol–water partition coefficient (Wildman–Crippen LogP) is 9.48. The van der Waals surface area contributed by atoms with E-state index in [0.29, 0.717) is 5.76 Å². The van der Waals surface area contributed by atoms with Crippen LogP contribution in [0.25, 0.3) is 22.3 Å². The summed E-state index contributed by atoms with van der Waals surface area (Å²) in [7, 11) is -2.02. The molecule has 14 nitrogen and oxygen atoms in total. The maximum absolute atomic E-state index is 13.2. The second-order valence-corrected chi connectivity index (χ2v) is 29.1. The number of ether oxygens (including phenoxy) is 2. The van der Waals surface area contributed by atoms with Crippen LogP contribution in [0.2, 0.25) is 18.1 Å². The molecule has 582 valence electrons. The van der Waals surface area contributed by atoms with Gasteiger partial charge in [-0.1, -0.05) is 117 Å². The number of terminal acetylenes is 1. The lowest BCUT2D eigenvalue weighted by atomic mass is 9.91. The standard InChI is InChI=1S/C53H4.C28H36FNO6Si.C22H22FNO6.CH4/c1-3-5-7-9-11-13-15-17-19-21-23-25-27-29-31-33-35-37-39-41-43-45-47-49-51-53-52-50-48-46-44-42-40-38-36-34-32-30-28-26-24-22-20-18-16-14-12-10-8-6-4-2;1-27(2,3)37(5,6)35-18-23-15-24(30-36-23)26(33)28(4,25(32)16-31)34-17-19-7-9-20(10-8-19)21-11-13-22(29)14-12-21;1-22(20(27)12-26,21(28)19-10-18(11-25)30-24-19)29-13-14-2-4-15(5-3-14)16-6-8-17(23)9-7-16;/h1H,2H3;7-15,26,31,33H,16-18H2,1-6H3;2-10,21,25-26,28H,11-13H2,1H3;1H4/t;26-,28+;21-,22+;/m.00./s1. The molecule has 2 heterocycles. The number of Topliss-reactive ketones (excluding diaryl/α,β-unsaturated/α-hetero) is 2. The van der Waals surface area contributed by atoms with Gasteiger partial charge in [-0.2, -0.15) is 0 Å². The highest BCUT2D eigenvalue weighted by Crippen LogP contribution is 2.38. The number of benzene rings is 4. The molecule has 0 radical (unpaired) electrons. The smallest absolute Gasteiger partial charge is 0.192 e. The molecule has 6 aromatic rings. The van der Waals surface area contributed by atoms with Gasteiger partial charge < -0.3 is 48.5 Å². The minimum atomic E-state index is -2.02. The van der Waals surface area contributed by atoms with Crippen LogP contribution in [0.5, 0.6) is 0 Å². The van der Waals surface area contributed by atoms with Crippen LogP contribution >= 0.6 is 0 Å². The third-order valence-corrected chi connectivity index (χ3v) is 19.7. The fraction of sp³-hybridized carbons (Fsp3) is 0.192. The number of hydrogen-bond donors (Lipinski definition) is 5. The molecule has 0 aliphatic carbocycles. The zero-order valence-electron chi connectivity index (χ0n) is 65.6. The van der Waals surface area contributed by atoms with E-state index < -0.39 is 63.1 Å². The van der Waals surface area contributed by atoms with E-state index in [9.17, 15) is 38.8 Å². The highest BCUT2D eigenvalue weighted by Gasteiger charge is 2.45. The molecule has 4 aromatic carbocycles. The van der Waals surface area contributed by atoms with Crippen LogP contribution in [0.4, 0.5) is 8.78 Å². The summed E-state index contributed by atoms with van der Waals surface area (Å²) in [5, 5.41) is 57.3. The Morgan fingerprint density at radius 3 is 0.843 bits per heavy atom. The van der Waals surface area contributed by atoms with Gasteiger partial charge in [-0.15, -0.1) is 6.42 Å². The molecule has 0 saturated heterocycles. The average Bonchev–Trinajstić information content (AvgIpc) is 1.63. The van der Waals surface area contributed by atoms with Crippen molar-refractivity contribution in [3.05, 3.63) is 155 Å². The monoisotopic (exact) mass is 1600 g/mol. The van der Waals surface area contributed by atoms with Crippen LogP contribution in [0.3, 0.4) is 0 Å². The Morgan fingerprint density at radius 1 is 0.388 bits per heavy atom. The van der Waals surface area contributed by atoms with Crippen molar-refractivity contribution in [1.82, 2.24) is 10.3 Å². The minimum Gasteiger partial charge on any atom is -0.409 e. The molecule has 2 aromatic heterocycles. The van der Waals surface area contributed by atoms with E-state index in [-0.39, 0.29) is 61.1 Å². The Labute approximate surface area is 708 Å². The number of aliphatic hydroxyl groups is 5. The summed E-state index contributed by atoms with van der Waals surface area (Å²) in [5.74, 6) is 125. The van der Waals surface area contributed by atoms with E-state index in [1.54, 1.807) is 49.4 Å². The van der Waals surface area contributed by atoms with E-state index in [0.717, 1.165) is 33.4 Å². The molecular formula is C104H66F2N2O12Si. The van der Waals surface area contributed by atoms with Crippen molar-refractivity contribution in [3.63, 3.8) is 0 Å². The molecule has 17 heteroatoms. The maximum atomic E-state index is 13.2. The number of aliphatic hydroxyl groups excluding tert-OH is 5. The second kappa shape index (κ2) is 57.1. The van der Waals surface area contributed by atoms with Crippen LogP contribution < -0.4 is 0 Å².